The Morgan fingerprint density at radius 2 is 2.00 bits per heavy atom. The number of hydrogen-bond donors (Lipinski definition) is 4. The van der Waals surface area contributed by atoms with E-state index in [-0.39, 0.29) is 18.7 Å². The molecule has 6 nitrogen and oxygen atoms in total. The molecule has 2 rings (SSSR count). The number of hydrogen-bond acceptors (Lipinski definition) is 5. The molecule has 0 bridgehead atoms. The monoisotopic (exact) mass is 266 g/mol. The van der Waals surface area contributed by atoms with Crippen LogP contribution in [0.25, 0.3) is 0 Å². The van der Waals surface area contributed by atoms with Gasteiger partial charge in [0.2, 0.25) is 5.91 Å². The number of ether oxygens (including phenoxy) is 1. The number of benzene rings is 1. The van der Waals surface area contributed by atoms with Crippen LogP contribution in [0.3, 0.4) is 0 Å². The van der Waals surface area contributed by atoms with E-state index in [1.54, 1.807) is 12.1 Å². The summed E-state index contributed by atoms with van der Waals surface area (Å²) in [5.74, 6) is -0.117. The molecular formula is C13H18N2O4. The van der Waals surface area contributed by atoms with Gasteiger partial charge in [-0.05, 0) is 24.3 Å². The smallest absolute Gasteiger partial charge is 0.221 e. The van der Waals surface area contributed by atoms with E-state index in [1.165, 1.54) is 6.92 Å². The van der Waals surface area contributed by atoms with Gasteiger partial charge >= 0.3 is 0 Å². The van der Waals surface area contributed by atoms with Crippen LogP contribution in [0.1, 0.15) is 13.3 Å². The molecule has 1 aromatic carbocycles. The van der Waals surface area contributed by atoms with E-state index in [2.05, 4.69) is 10.6 Å². The molecule has 19 heavy (non-hydrogen) atoms. The highest BCUT2D eigenvalue weighted by molar-refractivity contribution is 5.88. The van der Waals surface area contributed by atoms with Crippen LogP contribution < -0.4 is 10.6 Å². The Morgan fingerprint density at radius 3 is 2.53 bits per heavy atom. The quantitative estimate of drug-likeness (QED) is 0.638. The zero-order valence-corrected chi connectivity index (χ0v) is 10.7. The van der Waals surface area contributed by atoms with E-state index < -0.39 is 12.2 Å². The Kier molecular flexibility index (Phi) is 4.36. The fourth-order valence-corrected chi connectivity index (χ4v) is 2.02. The molecule has 0 aliphatic carbocycles. The third kappa shape index (κ3) is 3.66. The Hall–Kier alpha value is -1.63. The van der Waals surface area contributed by atoms with Crippen molar-refractivity contribution in [1.29, 1.82) is 0 Å². The van der Waals surface area contributed by atoms with Crippen molar-refractivity contribution in [2.75, 3.05) is 17.2 Å². The summed E-state index contributed by atoms with van der Waals surface area (Å²) in [6.07, 6.45) is -1.07. The zero-order chi connectivity index (χ0) is 13.8. The Bertz CT molecular complexity index is 435. The molecule has 1 aliphatic heterocycles. The van der Waals surface area contributed by atoms with Gasteiger partial charge in [0, 0.05) is 24.7 Å². The molecule has 0 unspecified atom stereocenters. The number of rotatable bonds is 4. The number of carbonyl (C=O) groups is 1. The van der Waals surface area contributed by atoms with Crippen molar-refractivity contribution in [3.63, 3.8) is 0 Å². The molecule has 1 aliphatic rings. The molecule has 3 atom stereocenters. The second-order valence-corrected chi connectivity index (χ2v) is 4.55. The van der Waals surface area contributed by atoms with E-state index in [4.69, 9.17) is 9.84 Å². The molecule has 0 spiro atoms. The molecule has 0 saturated carbocycles. The van der Waals surface area contributed by atoms with Crippen molar-refractivity contribution in [2.45, 2.75) is 31.8 Å². The summed E-state index contributed by atoms with van der Waals surface area (Å²) in [5, 5.41) is 24.4. The van der Waals surface area contributed by atoms with Crippen molar-refractivity contribution in [3.05, 3.63) is 24.3 Å². The van der Waals surface area contributed by atoms with Crippen LogP contribution in [-0.2, 0) is 9.53 Å². The molecule has 0 aromatic heterocycles. The largest absolute Gasteiger partial charge is 0.394 e. The average molecular weight is 266 g/mol. The van der Waals surface area contributed by atoms with Crippen LogP contribution in [0.4, 0.5) is 11.4 Å². The van der Waals surface area contributed by atoms with Gasteiger partial charge in [-0.1, -0.05) is 0 Å². The number of nitrogens with one attached hydrogen (secondary N) is 2. The van der Waals surface area contributed by atoms with Gasteiger partial charge < -0.3 is 25.6 Å². The first-order chi connectivity index (χ1) is 9.08. The third-order valence-corrected chi connectivity index (χ3v) is 2.94. The van der Waals surface area contributed by atoms with Crippen LogP contribution in [0, 0.1) is 0 Å². The van der Waals surface area contributed by atoms with Gasteiger partial charge in [-0.25, -0.2) is 0 Å². The second-order valence-electron chi connectivity index (χ2n) is 4.55. The molecule has 104 valence electrons. The first-order valence-corrected chi connectivity index (χ1v) is 6.17. The highest BCUT2D eigenvalue weighted by atomic mass is 16.5. The third-order valence-electron chi connectivity index (χ3n) is 2.94. The van der Waals surface area contributed by atoms with E-state index >= 15 is 0 Å². The Labute approximate surface area is 111 Å². The molecule has 1 heterocycles. The van der Waals surface area contributed by atoms with Gasteiger partial charge in [0.05, 0.1) is 12.7 Å². The highest BCUT2D eigenvalue weighted by Crippen LogP contribution is 2.23. The van der Waals surface area contributed by atoms with E-state index in [0.717, 1.165) is 11.4 Å². The molecule has 1 fully saturated rings. The summed E-state index contributed by atoms with van der Waals surface area (Å²) < 4.78 is 5.44. The van der Waals surface area contributed by atoms with Crippen LogP contribution >= 0.6 is 0 Å². The van der Waals surface area contributed by atoms with Crippen molar-refractivity contribution in [2.24, 2.45) is 0 Å². The predicted octanol–water partition coefficient (Wildman–Crippen LogP) is 0.525. The lowest BCUT2D eigenvalue weighted by Crippen LogP contribution is -2.25. The fourth-order valence-electron chi connectivity index (χ4n) is 2.02. The van der Waals surface area contributed by atoms with Crippen molar-refractivity contribution in [3.8, 4) is 0 Å². The molecule has 0 radical (unpaired) electrons. The van der Waals surface area contributed by atoms with Crippen molar-refractivity contribution >= 4 is 17.3 Å². The van der Waals surface area contributed by atoms with Crippen molar-refractivity contribution < 1.29 is 19.7 Å². The van der Waals surface area contributed by atoms with Gasteiger partial charge in [0.25, 0.3) is 0 Å². The minimum absolute atomic E-state index is 0.117. The Balaban J connectivity index is 1.91. The number of aliphatic hydroxyl groups excluding tert-OH is 2. The predicted molar refractivity (Wildman–Crippen MR) is 70.7 cm³/mol. The van der Waals surface area contributed by atoms with Gasteiger partial charge in [0.15, 0.2) is 0 Å². The van der Waals surface area contributed by atoms with Crippen LogP contribution in [0.2, 0.25) is 0 Å². The maximum absolute atomic E-state index is 10.9. The van der Waals surface area contributed by atoms with Crippen molar-refractivity contribution in [1.82, 2.24) is 0 Å². The number of aliphatic hydroxyl groups is 2. The van der Waals surface area contributed by atoms with Crippen LogP contribution in [0.5, 0.6) is 0 Å². The van der Waals surface area contributed by atoms with Gasteiger partial charge in [-0.15, -0.1) is 0 Å². The summed E-state index contributed by atoms with van der Waals surface area (Å²) in [7, 11) is 0. The number of amides is 1. The molecule has 4 N–H and O–H groups in total. The number of carbonyl (C=O) groups excluding carboxylic acids is 1. The fraction of sp³-hybridized carbons (Fsp3) is 0.462. The van der Waals surface area contributed by atoms with Crippen LogP contribution in [0.15, 0.2) is 24.3 Å². The summed E-state index contributed by atoms with van der Waals surface area (Å²) in [5.41, 5.74) is 1.54. The van der Waals surface area contributed by atoms with E-state index in [0.29, 0.717) is 6.42 Å². The molecule has 1 saturated heterocycles. The maximum atomic E-state index is 10.9. The van der Waals surface area contributed by atoms with Gasteiger partial charge in [-0.2, -0.15) is 0 Å². The SMILES string of the molecule is CC(=O)Nc1ccc(N[C@H]2C[C@@H](O)[C@H](CO)O2)cc1. The Morgan fingerprint density at radius 1 is 1.37 bits per heavy atom. The molecule has 6 heteroatoms. The first kappa shape index (κ1) is 13.8. The van der Waals surface area contributed by atoms with E-state index in [9.17, 15) is 9.90 Å². The highest BCUT2D eigenvalue weighted by Gasteiger charge is 2.33. The normalized spacial score (nSPS) is 26.2. The minimum atomic E-state index is -0.652. The maximum Gasteiger partial charge on any atom is 0.221 e. The lowest BCUT2D eigenvalue weighted by Gasteiger charge is -2.15. The molecule has 1 amide bonds. The number of anilines is 2. The minimum Gasteiger partial charge on any atom is -0.394 e. The lowest BCUT2D eigenvalue weighted by atomic mass is 10.2. The molecular weight excluding hydrogens is 248 g/mol. The standard InChI is InChI=1S/C13H18N2O4/c1-8(17)14-9-2-4-10(5-3-9)15-13-6-11(18)12(7-16)19-13/h2-5,11-13,15-16,18H,6-7H2,1H3,(H,14,17)/t11-,12+,13-/m1/s1. The summed E-state index contributed by atoms with van der Waals surface area (Å²) in [6.45, 7) is 1.26. The van der Waals surface area contributed by atoms with Gasteiger partial charge in [-0.3, -0.25) is 4.79 Å². The lowest BCUT2D eigenvalue weighted by molar-refractivity contribution is -0.114. The van der Waals surface area contributed by atoms with Crippen LogP contribution in [-0.4, -0.2) is 41.2 Å². The summed E-state index contributed by atoms with van der Waals surface area (Å²) in [6, 6.07) is 7.18. The topological polar surface area (TPSA) is 90.8 Å². The zero-order valence-electron chi connectivity index (χ0n) is 10.7. The van der Waals surface area contributed by atoms with E-state index in [1.807, 2.05) is 12.1 Å². The second kappa shape index (κ2) is 6.01. The molecule has 1 aromatic rings. The summed E-state index contributed by atoms with van der Waals surface area (Å²) in [4.78, 5) is 10.9. The van der Waals surface area contributed by atoms with Gasteiger partial charge in [0.1, 0.15) is 12.3 Å². The average Bonchev–Trinajstić information content (AvgIpc) is 2.71. The summed E-state index contributed by atoms with van der Waals surface area (Å²) >= 11 is 0. The first-order valence-electron chi connectivity index (χ1n) is 6.17.